The van der Waals surface area contributed by atoms with Crippen LogP contribution in [0.25, 0.3) is 0 Å². The van der Waals surface area contributed by atoms with Gasteiger partial charge in [0.1, 0.15) is 5.75 Å². The van der Waals surface area contributed by atoms with Crippen LogP contribution in [0.2, 0.25) is 0 Å². The van der Waals surface area contributed by atoms with E-state index >= 15 is 0 Å². The van der Waals surface area contributed by atoms with Gasteiger partial charge in [0.15, 0.2) is 0 Å². The quantitative estimate of drug-likeness (QED) is 0.864. The van der Waals surface area contributed by atoms with E-state index in [9.17, 15) is 18.7 Å². The molecule has 2 aliphatic carbocycles. The van der Waals surface area contributed by atoms with Crippen LogP contribution < -0.4 is 4.74 Å². The summed E-state index contributed by atoms with van der Waals surface area (Å²) in [4.78, 5) is 14.5. The Morgan fingerprint density at radius 1 is 1.30 bits per heavy atom. The number of likely N-dealkylation sites (tertiary alicyclic amines) is 1. The van der Waals surface area contributed by atoms with Crippen molar-refractivity contribution in [3.8, 4) is 5.75 Å². The van der Waals surface area contributed by atoms with E-state index < -0.39 is 12.2 Å². The van der Waals surface area contributed by atoms with Crippen molar-refractivity contribution < 1.29 is 23.4 Å². The highest BCUT2D eigenvalue weighted by atomic mass is 19.3. The molecule has 0 unspecified atom stereocenters. The fourth-order valence-electron chi connectivity index (χ4n) is 5.40. The van der Waals surface area contributed by atoms with Gasteiger partial charge >= 0.3 is 6.61 Å². The summed E-state index contributed by atoms with van der Waals surface area (Å²) in [6.07, 6.45) is 4.35. The number of benzene rings is 1. The maximum atomic E-state index is 12.5. The van der Waals surface area contributed by atoms with Gasteiger partial charge in [-0.1, -0.05) is 6.07 Å². The van der Waals surface area contributed by atoms with Gasteiger partial charge in [0, 0.05) is 24.4 Å². The minimum Gasteiger partial charge on any atom is -0.435 e. The van der Waals surface area contributed by atoms with Crippen LogP contribution in [-0.4, -0.2) is 41.2 Å². The van der Waals surface area contributed by atoms with Gasteiger partial charge in [0.2, 0.25) is 5.91 Å². The lowest BCUT2D eigenvalue weighted by Crippen LogP contribution is -2.61. The first-order chi connectivity index (χ1) is 12.7. The molecule has 1 saturated heterocycles. The van der Waals surface area contributed by atoms with Gasteiger partial charge in [-0.2, -0.15) is 8.78 Å². The molecule has 1 aromatic rings. The van der Waals surface area contributed by atoms with Gasteiger partial charge in [-0.25, -0.2) is 0 Å². The average molecular weight is 379 g/mol. The number of alkyl halides is 2. The largest absolute Gasteiger partial charge is 0.435 e. The van der Waals surface area contributed by atoms with E-state index in [-0.39, 0.29) is 23.0 Å². The van der Waals surface area contributed by atoms with Gasteiger partial charge in [0.25, 0.3) is 0 Å². The first kappa shape index (κ1) is 18.7. The Kier molecular flexibility index (Phi) is 4.45. The summed E-state index contributed by atoms with van der Waals surface area (Å²) in [5, 5.41) is 9.84. The first-order valence-electron chi connectivity index (χ1n) is 9.73. The maximum Gasteiger partial charge on any atom is 0.387 e. The molecule has 4 nitrogen and oxygen atoms in total. The number of carbonyl (C=O) groups excluding carboxylic acids is 1. The number of hydrogen-bond donors (Lipinski definition) is 1. The van der Waals surface area contributed by atoms with Crippen LogP contribution in [0, 0.1) is 18.3 Å². The van der Waals surface area contributed by atoms with Crippen LogP contribution in [0.5, 0.6) is 5.75 Å². The Labute approximate surface area is 158 Å². The third-order valence-corrected chi connectivity index (χ3v) is 6.69. The Hall–Kier alpha value is -1.69. The SMILES string of the molecule is Cc1cc(OC(F)F)ccc1[C@@H]1CCC2(C1)CN(C(=O)C1CC(C)(O)C1)C2. The van der Waals surface area contributed by atoms with Crippen LogP contribution >= 0.6 is 0 Å². The van der Waals surface area contributed by atoms with Crippen LogP contribution in [0.15, 0.2) is 18.2 Å². The molecule has 1 aromatic carbocycles. The molecule has 0 radical (unpaired) electrons. The Bertz CT molecular complexity index is 735. The first-order valence-corrected chi connectivity index (χ1v) is 9.73. The van der Waals surface area contributed by atoms with Crippen molar-refractivity contribution in [1.29, 1.82) is 0 Å². The molecular formula is C21H27F2NO3. The minimum absolute atomic E-state index is 0.0147. The maximum absolute atomic E-state index is 12.5. The van der Waals surface area contributed by atoms with Gasteiger partial charge in [-0.15, -0.1) is 0 Å². The van der Waals surface area contributed by atoms with Crippen molar-refractivity contribution in [2.75, 3.05) is 13.1 Å². The fraction of sp³-hybridized carbons (Fsp3) is 0.667. The van der Waals surface area contributed by atoms with E-state index in [4.69, 9.17) is 0 Å². The molecule has 3 aliphatic rings. The molecule has 1 N–H and O–H groups in total. The summed E-state index contributed by atoms with van der Waals surface area (Å²) in [5.41, 5.74) is 1.73. The number of ether oxygens (including phenoxy) is 1. The second kappa shape index (κ2) is 6.43. The number of nitrogens with zero attached hydrogens (tertiary/aromatic N) is 1. The molecule has 6 heteroatoms. The smallest absolute Gasteiger partial charge is 0.387 e. The van der Waals surface area contributed by atoms with Gasteiger partial charge in [-0.05, 0) is 75.1 Å². The fourth-order valence-corrected chi connectivity index (χ4v) is 5.40. The van der Waals surface area contributed by atoms with E-state index in [1.807, 2.05) is 17.9 Å². The zero-order chi connectivity index (χ0) is 19.4. The zero-order valence-electron chi connectivity index (χ0n) is 15.9. The normalized spacial score (nSPS) is 31.7. The van der Waals surface area contributed by atoms with E-state index in [0.29, 0.717) is 18.8 Å². The molecule has 0 bridgehead atoms. The van der Waals surface area contributed by atoms with Crippen molar-refractivity contribution in [2.45, 2.75) is 64.1 Å². The monoisotopic (exact) mass is 379 g/mol. The van der Waals surface area contributed by atoms with Crippen LogP contribution in [0.3, 0.4) is 0 Å². The van der Waals surface area contributed by atoms with Gasteiger partial charge in [0.05, 0.1) is 5.60 Å². The number of carbonyl (C=O) groups is 1. The van der Waals surface area contributed by atoms with Crippen molar-refractivity contribution in [3.05, 3.63) is 29.3 Å². The van der Waals surface area contributed by atoms with Crippen molar-refractivity contribution in [2.24, 2.45) is 11.3 Å². The summed E-state index contributed by atoms with van der Waals surface area (Å²) in [5.74, 6) is 0.794. The average Bonchev–Trinajstić information content (AvgIpc) is 2.95. The molecule has 148 valence electrons. The Balaban J connectivity index is 1.34. The molecule has 0 aromatic heterocycles. The lowest BCUT2D eigenvalue weighted by Gasteiger charge is -2.52. The standard InChI is InChI=1S/C21H27F2NO3/c1-13-7-16(27-19(22)23)3-4-17(13)14-5-6-21(10-14)11-24(12-21)18(25)15-8-20(2,26)9-15/h3-4,7,14-15,19,26H,5-6,8-12H2,1-2H3/t14-,15?,20?/m1/s1. The number of halogens is 2. The van der Waals surface area contributed by atoms with Crippen LogP contribution in [0.4, 0.5) is 8.78 Å². The molecule has 1 atom stereocenters. The molecular weight excluding hydrogens is 352 g/mol. The summed E-state index contributed by atoms with van der Waals surface area (Å²) in [6.45, 7) is 2.55. The molecule has 1 heterocycles. The van der Waals surface area contributed by atoms with Gasteiger partial charge < -0.3 is 14.7 Å². The topological polar surface area (TPSA) is 49.8 Å². The highest BCUT2D eigenvalue weighted by Gasteiger charge is 2.53. The van der Waals surface area contributed by atoms with E-state index in [0.717, 1.165) is 37.9 Å². The van der Waals surface area contributed by atoms with E-state index in [1.54, 1.807) is 19.1 Å². The van der Waals surface area contributed by atoms with Crippen molar-refractivity contribution in [1.82, 2.24) is 4.90 Å². The molecule has 3 fully saturated rings. The number of rotatable bonds is 4. The number of aryl methyl sites for hydroxylation is 1. The van der Waals surface area contributed by atoms with Gasteiger partial charge in [-0.3, -0.25) is 4.79 Å². The van der Waals surface area contributed by atoms with E-state index in [1.165, 1.54) is 5.56 Å². The molecule has 1 aliphatic heterocycles. The Morgan fingerprint density at radius 3 is 2.59 bits per heavy atom. The summed E-state index contributed by atoms with van der Waals surface area (Å²) >= 11 is 0. The Morgan fingerprint density at radius 2 is 2.00 bits per heavy atom. The van der Waals surface area contributed by atoms with E-state index in [2.05, 4.69) is 4.74 Å². The molecule has 4 rings (SSSR count). The second-order valence-corrected chi connectivity index (χ2v) is 9.13. The van der Waals surface area contributed by atoms with Crippen molar-refractivity contribution >= 4 is 5.91 Å². The predicted octanol–water partition coefficient (Wildman–Crippen LogP) is 3.85. The highest BCUT2D eigenvalue weighted by Crippen LogP contribution is 2.53. The third-order valence-electron chi connectivity index (χ3n) is 6.69. The lowest BCUT2D eigenvalue weighted by molar-refractivity contribution is -0.161. The zero-order valence-corrected chi connectivity index (χ0v) is 15.9. The summed E-state index contributed by atoms with van der Waals surface area (Å²) < 4.78 is 29.2. The third kappa shape index (κ3) is 3.56. The highest BCUT2D eigenvalue weighted by molar-refractivity contribution is 5.81. The molecule has 1 amide bonds. The lowest BCUT2D eigenvalue weighted by atomic mass is 9.69. The predicted molar refractivity (Wildman–Crippen MR) is 96.8 cm³/mol. The summed E-state index contributed by atoms with van der Waals surface area (Å²) in [6, 6.07) is 5.22. The minimum atomic E-state index is -2.80. The van der Waals surface area contributed by atoms with Crippen molar-refractivity contribution in [3.63, 3.8) is 0 Å². The second-order valence-electron chi connectivity index (χ2n) is 9.13. The number of hydrogen-bond acceptors (Lipinski definition) is 3. The number of aliphatic hydroxyl groups is 1. The van der Waals surface area contributed by atoms with Crippen LogP contribution in [-0.2, 0) is 4.79 Å². The van der Waals surface area contributed by atoms with Crippen LogP contribution in [0.1, 0.15) is 56.1 Å². The number of amides is 1. The molecule has 1 spiro atoms. The molecule has 2 saturated carbocycles. The molecule has 27 heavy (non-hydrogen) atoms. The summed E-state index contributed by atoms with van der Waals surface area (Å²) in [7, 11) is 0.